The van der Waals surface area contributed by atoms with Crippen LogP contribution in [0.5, 0.6) is 0 Å². The summed E-state index contributed by atoms with van der Waals surface area (Å²) in [6.45, 7) is 6.31. The Morgan fingerprint density at radius 1 is 1.10 bits per heavy atom. The van der Waals surface area contributed by atoms with Gasteiger partial charge in [-0.2, -0.15) is 0 Å². The summed E-state index contributed by atoms with van der Waals surface area (Å²) in [6, 6.07) is 12.9. The Morgan fingerprint density at radius 2 is 1.76 bits per heavy atom. The highest BCUT2D eigenvalue weighted by Crippen LogP contribution is 2.29. The minimum absolute atomic E-state index is 0.143. The molecule has 1 unspecified atom stereocenters. The third-order valence-electron chi connectivity index (χ3n) is 3.24. The van der Waals surface area contributed by atoms with E-state index in [1.54, 1.807) is 0 Å². The van der Waals surface area contributed by atoms with E-state index in [4.69, 9.17) is 17.3 Å². The lowest BCUT2D eigenvalue weighted by atomic mass is 10.1. The van der Waals surface area contributed by atoms with Crippen LogP contribution in [0, 0.1) is 13.8 Å². The zero-order valence-electron chi connectivity index (χ0n) is 12.8. The Kier molecular flexibility index (Phi) is 5.74. The van der Waals surface area contributed by atoms with Crippen LogP contribution in [0.3, 0.4) is 0 Å². The highest BCUT2D eigenvalue weighted by molar-refractivity contribution is 7.98. The molecule has 0 aliphatic carbocycles. The van der Waals surface area contributed by atoms with Crippen molar-refractivity contribution in [3.63, 3.8) is 0 Å². The summed E-state index contributed by atoms with van der Waals surface area (Å²) in [7, 11) is 0. The number of rotatable bonds is 5. The molecule has 0 aliphatic rings. The van der Waals surface area contributed by atoms with Crippen molar-refractivity contribution < 1.29 is 0 Å². The number of benzene rings is 2. The Bertz CT molecular complexity index is 602. The Hall–Kier alpha value is -0.960. The second kappa shape index (κ2) is 7.35. The van der Waals surface area contributed by atoms with Crippen LogP contribution in [-0.2, 0) is 12.2 Å². The van der Waals surface area contributed by atoms with Crippen LogP contribution in [0.15, 0.2) is 41.3 Å². The van der Waals surface area contributed by atoms with Crippen molar-refractivity contribution in [3.8, 4) is 0 Å². The van der Waals surface area contributed by atoms with Gasteiger partial charge in [-0.05, 0) is 56.5 Å². The van der Waals surface area contributed by atoms with Crippen LogP contribution in [0.2, 0.25) is 5.02 Å². The molecule has 2 rings (SSSR count). The van der Waals surface area contributed by atoms with Crippen LogP contribution in [-0.4, -0.2) is 6.04 Å². The lowest BCUT2D eigenvalue weighted by molar-refractivity contribution is 0.729. The van der Waals surface area contributed by atoms with Gasteiger partial charge in [0, 0.05) is 21.7 Å². The van der Waals surface area contributed by atoms with Gasteiger partial charge in [-0.25, -0.2) is 0 Å². The van der Waals surface area contributed by atoms with Gasteiger partial charge in [-0.15, -0.1) is 11.8 Å². The van der Waals surface area contributed by atoms with Gasteiger partial charge in [0.1, 0.15) is 0 Å². The highest BCUT2D eigenvalue weighted by Gasteiger charge is 2.07. The first-order chi connectivity index (χ1) is 9.94. The summed E-state index contributed by atoms with van der Waals surface area (Å²) >= 11 is 7.96. The van der Waals surface area contributed by atoms with Crippen LogP contribution in [0.1, 0.15) is 29.2 Å². The van der Waals surface area contributed by atoms with E-state index in [1.165, 1.54) is 27.1 Å². The zero-order valence-corrected chi connectivity index (χ0v) is 14.4. The quantitative estimate of drug-likeness (QED) is 0.772. The maximum Gasteiger partial charge on any atom is 0.0409 e. The van der Waals surface area contributed by atoms with Crippen molar-refractivity contribution in [2.45, 2.75) is 43.9 Å². The maximum absolute atomic E-state index is 6.11. The number of hydrogen-bond donors (Lipinski definition) is 1. The van der Waals surface area contributed by atoms with Gasteiger partial charge in [0.25, 0.3) is 0 Å². The summed E-state index contributed by atoms with van der Waals surface area (Å²) in [6.07, 6.45) is 0.857. The van der Waals surface area contributed by atoms with Gasteiger partial charge in [0.15, 0.2) is 0 Å². The molecule has 0 amide bonds. The van der Waals surface area contributed by atoms with E-state index < -0.39 is 0 Å². The van der Waals surface area contributed by atoms with E-state index in [-0.39, 0.29) is 6.04 Å². The first kappa shape index (κ1) is 16.4. The number of hydrogen-bond acceptors (Lipinski definition) is 2. The first-order valence-electron chi connectivity index (χ1n) is 7.18. The van der Waals surface area contributed by atoms with E-state index in [1.807, 2.05) is 30.8 Å². The molecule has 0 fully saturated rings. The molecule has 0 aromatic heterocycles. The van der Waals surface area contributed by atoms with Gasteiger partial charge in [-0.1, -0.05) is 40.9 Å². The first-order valence-corrected chi connectivity index (χ1v) is 8.54. The molecule has 2 N–H and O–H groups in total. The fraction of sp³-hybridized carbons (Fsp3) is 0.333. The summed E-state index contributed by atoms with van der Waals surface area (Å²) in [5.74, 6) is 0.968. The molecule has 0 saturated carbocycles. The van der Waals surface area contributed by atoms with E-state index in [2.05, 4.69) is 38.1 Å². The Morgan fingerprint density at radius 3 is 2.38 bits per heavy atom. The van der Waals surface area contributed by atoms with Gasteiger partial charge >= 0.3 is 0 Å². The monoisotopic (exact) mass is 319 g/mol. The molecule has 112 valence electrons. The molecule has 21 heavy (non-hydrogen) atoms. The molecule has 1 nitrogen and oxygen atoms in total. The predicted octanol–water partition coefficient (Wildman–Crippen LogP) is 5.14. The minimum atomic E-state index is 0.143. The normalized spacial score (nSPS) is 12.4. The van der Waals surface area contributed by atoms with E-state index in [0.717, 1.165) is 17.2 Å². The maximum atomic E-state index is 6.11. The third kappa shape index (κ3) is 5.06. The summed E-state index contributed by atoms with van der Waals surface area (Å²) in [5.41, 5.74) is 11.2. The van der Waals surface area contributed by atoms with Crippen LogP contribution >= 0.6 is 23.4 Å². The van der Waals surface area contributed by atoms with Crippen molar-refractivity contribution in [1.82, 2.24) is 0 Å². The van der Waals surface area contributed by atoms with Crippen molar-refractivity contribution in [2.75, 3.05) is 0 Å². The third-order valence-corrected chi connectivity index (χ3v) is 4.66. The lowest BCUT2D eigenvalue weighted by Crippen LogP contribution is -2.18. The molecule has 0 radical (unpaired) electrons. The van der Waals surface area contributed by atoms with E-state index in [9.17, 15) is 0 Å². The number of thioether (sulfide) groups is 1. The van der Waals surface area contributed by atoms with Crippen LogP contribution in [0.4, 0.5) is 0 Å². The zero-order chi connectivity index (χ0) is 15.4. The molecule has 2 aromatic carbocycles. The molecule has 1 atom stereocenters. The molecule has 0 bridgehead atoms. The largest absolute Gasteiger partial charge is 0.328 e. The molecule has 0 saturated heterocycles. The fourth-order valence-corrected chi connectivity index (χ4v) is 3.68. The Balaban J connectivity index is 2.15. The molecule has 3 heteroatoms. The van der Waals surface area contributed by atoms with Gasteiger partial charge in [-0.3, -0.25) is 0 Å². The second-order valence-corrected chi connectivity index (χ2v) is 7.17. The predicted molar refractivity (Wildman–Crippen MR) is 94.3 cm³/mol. The van der Waals surface area contributed by atoms with Gasteiger partial charge in [0.2, 0.25) is 0 Å². The van der Waals surface area contributed by atoms with Crippen molar-refractivity contribution >= 4 is 23.4 Å². The minimum Gasteiger partial charge on any atom is -0.328 e. The number of nitrogens with two attached hydrogens (primary N) is 1. The average molecular weight is 320 g/mol. The average Bonchev–Trinajstić information content (AvgIpc) is 2.36. The number of halogens is 1. The van der Waals surface area contributed by atoms with Crippen molar-refractivity contribution in [3.05, 3.63) is 63.7 Å². The topological polar surface area (TPSA) is 26.0 Å². The second-order valence-electron chi connectivity index (χ2n) is 5.72. The lowest BCUT2D eigenvalue weighted by Gasteiger charge is -2.12. The summed E-state index contributed by atoms with van der Waals surface area (Å²) < 4.78 is 0. The Labute approximate surface area is 136 Å². The molecular formula is C18H22ClNS. The number of aryl methyl sites for hydroxylation is 2. The van der Waals surface area contributed by atoms with Gasteiger partial charge in [0.05, 0.1) is 0 Å². The molecular weight excluding hydrogens is 298 g/mol. The van der Waals surface area contributed by atoms with Gasteiger partial charge < -0.3 is 5.73 Å². The molecule has 0 aliphatic heterocycles. The van der Waals surface area contributed by atoms with Crippen LogP contribution in [0.25, 0.3) is 0 Å². The van der Waals surface area contributed by atoms with Crippen molar-refractivity contribution in [1.29, 1.82) is 0 Å². The van der Waals surface area contributed by atoms with Crippen molar-refractivity contribution in [2.24, 2.45) is 5.73 Å². The standard InChI is InChI=1S/C18H22ClNS/c1-12-6-13(2)8-15(7-12)11-21-18-5-4-17(19)10-16(18)9-14(3)20/h4-8,10,14H,9,11,20H2,1-3H3. The molecule has 0 spiro atoms. The summed E-state index contributed by atoms with van der Waals surface area (Å²) in [5, 5.41) is 0.779. The van der Waals surface area contributed by atoms with E-state index >= 15 is 0 Å². The fourth-order valence-electron chi connectivity index (χ4n) is 2.51. The molecule has 2 aromatic rings. The van der Waals surface area contributed by atoms with Crippen LogP contribution < -0.4 is 5.73 Å². The SMILES string of the molecule is Cc1cc(C)cc(CSc2ccc(Cl)cc2CC(C)N)c1. The van der Waals surface area contributed by atoms with E-state index in [0.29, 0.717) is 0 Å². The summed E-state index contributed by atoms with van der Waals surface area (Å²) in [4.78, 5) is 1.27. The smallest absolute Gasteiger partial charge is 0.0409 e. The molecule has 0 heterocycles. The highest BCUT2D eigenvalue weighted by atomic mass is 35.5.